The minimum atomic E-state index is -2.89. The zero-order valence-electron chi connectivity index (χ0n) is 10.4. The van der Waals surface area contributed by atoms with E-state index in [2.05, 4.69) is 18.5 Å². The average molecular weight is 265 g/mol. The van der Waals surface area contributed by atoms with Crippen LogP contribution >= 0.6 is 11.8 Å². The van der Waals surface area contributed by atoms with Crippen molar-refractivity contribution in [3.05, 3.63) is 0 Å². The molecule has 0 radical (unpaired) electrons. The van der Waals surface area contributed by atoms with Gasteiger partial charge in [0.25, 0.3) is 0 Å². The molecule has 3 nitrogen and oxygen atoms in total. The third-order valence-electron chi connectivity index (χ3n) is 3.26. The smallest absolute Gasteiger partial charge is 0.151 e. The molecule has 1 N–H and O–H groups in total. The lowest BCUT2D eigenvalue weighted by Crippen LogP contribution is -2.44. The summed E-state index contributed by atoms with van der Waals surface area (Å²) in [7, 11) is -2.89. The molecule has 1 aliphatic carbocycles. The van der Waals surface area contributed by atoms with E-state index in [1.165, 1.54) is 6.26 Å². The summed E-state index contributed by atoms with van der Waals surface area (Å²) in [4.78, 5) is 0. The van der Waals surface area contributed by atoms with E-state index in [1.54, 1.807) is 0 Å². The van der Waals surface area contributed by atoms with E-state index in [1.807, 2.05) is 11.8 Å². The second-order valence-corrected chi connectivity index (χ2v) is 8.00. The van der Waals surface area contributed by atoms with Crippen LogP contribution < -0.4 is 5.32 Å². The van der Waals surface area contributed by atoms with Crippen LogP contribution in [0, 0.1) is 0 Å². The van der Waals surface area contributed by atoms with Crippen molar-refractivity contribution in [1.82, 2.24) is 5.32 Å². The van der Waals surface area contributed by atoms with Crippen LogP contribution in [0.5, 0.6) is 0 Å². The van der Waals surface area contributed by atoms with Crippen LogP contribution in [0.25, 0.3) is 0 Å². The fourth-order valence-electron chi connectivity index (χ4n) is 2.37. The lowest BCUT2D eigenvalue weighted by atomic mass is 10.2. The summed E-state index contributed by atoms with van der Waals surface area (Å²) in [5, 5.41) is 3.32. The lowest BCUT2D eigenvalue weighted by Gasteiger charge is -2.23. The van der Waals surface area contributed by atoms with Crippen molar-refractivity contribution < 1.29 is 8.42 Å². The maximum Gasteiger partial charge on any atom is 0.151 e. The molecule has 0 heterocycles. The third kappa shape index (κ3) is 4.26. The Balaban J connectivity index is 2.47. The normalized spacial score (nSPS) is 28.2. The van der Waals surface area contributed by atoms with Gasteiger partial charge < -0.3 is 5.32 Å². The molecule has 0 spiro atoms. The van der Waals surface area contributed by atoms with E-state index in [9.17, 15) is 8.42 Å². The summed E-state index contributed by atoms with van der Waals surface area (Å²) in [6.45, 7) is 2.15. The molecule has 3 atom stereocenters. The topological polar surface area (TPSA) is 46.2 Å². The Labute approximate surface area is 104 Å². The lowest BCUT2D eigenvalue weighted by molar-refractivity contribution is 0.440. The van der Waals surface area contributed by atoms with E-state index in [0.29, 0.717) is 6.04 Å². The number of thioether (sulfide) groups is 1. The van der Waals surface area contributed by atoms with Gasteiger partial charge in [0.15, 0.2) is 9.84 Å². The van der Waals surface area contributed by atoms with Crippen molar-refractivity contribution in [2.24, 2.45) is 0 Å². The monoisotopic (exact) mass is 265 g/mol. The number of hydrogen-bond donors (Lipinski definition) is 1. The number of nitrogens with one attached hydrogen (secondary N) is 1. The summed E-state index contributed by atoms with van der Waals surface area (Å²) in [6.07, 6.45) is 7.43. The van der Waals surface area contributed by atoms with Crippen molar-refractivity contribution in [2.75, 3.05) is 18.3 Å². The molecule has 0 saturated heterocycles. The van der Waals surface area contributed by atoms with Crippen molar-refractivity contribution >= 4 is 21.6 Å². The van der Waals surface area contributed by atoms with Crippen LogP contribution in [-0.2, 0) is 9.84 Å². The molecule has 0 aliphatic heterocycles. The first kappa shape index (κ1) is 14.3. The zero-order valence-corrected chi connectivity index (χ0v) is 12.0. The van der Waals surface area contributed by atoms with Crippen LogP contribution in [0.1, 0.15) is 32.6 Å². The molecule has 0 aromatic rings. The van der Waals surface area contributed by atoms with Crippen molar-refractivity contribution in [3.8, 4) is 0 Å². The minimum absolute atomic E-state index is 0.163. The fraction of sp³-hybridized carbons (Fsp3) is 1.00. The zero-order chi connectivity index (χ0) is 12.2. The van der Waals surface area contributed by atoms with E-state index < -0.39 is 9.84 Å². The van der Waals surface area contributed by atoms with E-state index in [0.717, 1.165) is 31.4 Å². The standard InChI is InChI=1S/C11H23NO2S2/c1-9(7-8-15-2)12-10-5-4-6-11(10)16(3,13)14/h9-12H,4-8H2,1-3H3. The van der Waals surface area contributed by atoms with Gasteiger partial charge in [-0.05, 0) is 38.2 Å². The first-order chi connectivity index (χ1) is 7.45. The van der Waals surface area contributed by atoms with Crippen LogP contribution in [0.4, 0.5) is 0 Å². The number of hydrogen-bond acceptors (Lipinski definition) is 4. The fourth-order valence-corrected chi connectivity index (χ4v) is 4.37. The molecule has 1 saturated carbocycles. The quantitative estimate of drug-likeness (QED) is 0.794. The Bertz CT molecular complexity index is 303. The summed E-state index contributed by atoms with van der Waals surface area (Å²) in [5.74, 6) is 1.13. The molecule has 3 unspecified atom stereocenters. The van der Waals surface area contributed by atoms with Gasteiger partial charge in [0, 0.05) is 18.3 Å². The van der Waals surface area contributed by atoms with Gasteiger partial charge >= 0.3 is 0 Å². The van der Waals surface area contributed by atoms with Gasteiger partial charge in [0.05, 0.1) is 5.25 Å². The molecular formula is C11H23NO2S2. The highest BCUT2D eigenvalue weighted by molar-refractivity contribution is 7.98. The van der Waals surface area contributed by atoms with Gasteiger partial charge in [-0.2, -0.15) is 11.8 Å². The van der Waals surface area contributed by atoms with Gasteiger partial charge in [-0.1, -0.05) is 6.42 Å². The predicted octanol–water partition coefficient (Wildman–Crippen LogP) is 1.68. The van der Waals surface area contributed by atoms with Crippen molar-refractivity contribution in [1.29, 1.82) is 0 Å². The molecule has 0 bridgehead atoms. The Morgan fingerprint density at radius 2 is 2.12 bits per heavy atom. The third-order valence-corrected chi connectivity index (χ3v) is 5.56. The average Bonchev–Trinajstić information content (AvgIpc) is 2.62. The number of sulfone groups is 1. The van der Waals surface area contributed by atoms with E-state index in [-0.39, 0.29) is 11.3 Å². The van der Waals surface area contributed by atoms with Gasteiger partial charge in [-0.15, -0.1) is 0 Å². The molecule has 1 aliphatic rings. The maximum absolute atomic E-state index is 11.6. The highest BCUT2D eigenvalue weighted by Gasteiger charge is 2.34. The molecule has 1 rings (SSSR count). The molecule has 5 heteroatoms. The summed E-state index contributed by atoms with van der Waals surface area (Å²) >= 11 is 1.84. The summed E-state index contributed by atoms with van der Waals surface area (Å²) in [5.41, 5.74) is 0. The maximum atomic E-state index is 11.6. The van der Waals surface area contributed by atoms with Crippen LogP contribution in [-0.4, -0.2) is 44.0 Å². The van der Waals surface area contributed by atoms with Crippen LogP contribution in [0.3, 0.4) is 0 Å². The number of rotatable bonds is 6. The Kier molecular flexibility index (Phi) is 5.61. The SMILES string of the molecule is CSCCC(C)NC1CCCC1S(C)(=O)=O. The van der Waals surface area contributed by atoms with Gasteiger partial charge in [-0.3, -0.25) is 0 Å². The summed E-state index contributed by atoms with van der Waals surface area (Å²) in [6, 6.07) is 0.589. The molecule has 0 amide bonds. The molecule has 0 aromatic carbocycles. The first-order valence-electron chi connectivity index (χ1n) is 5.89. The molecule has 0 aromatic heterocycles. The molecule has 1 fully saturated rings. The van der Waals surface area contributed by atoms with Crippen LogP contribution in [0.15, 0.2) is 0 Å². The van der Waals surface area contributed by atoms with Gasteiger partial charge in [0.1, 0.15) is 0 Å². The Morgan fingerprint density at radius 3 is 2.69 bits per heavy atom. The molecule has 16 heavy (non-hydrogen) atoms. The second kappa shape index (κ2) is 6.26. The second-order valence-electron chi connectivity index (χ2n) is 4.75. The highest BCUT2D eigenvalue weighted by atomic mass is 32.2. The predicted molar refractivity (Wildman–Crippen MR) is 71.9 cm³/mol. The van der Waals surface area contributed by atoms with E-state index >= 15 is 0 Å². The molecule has 96 valence electrons. The molecular weight excluding hydrogens is 242 g/mol. The van der Waals surface area contributed by atoms with Crippen molar-refractivity contribution in [2.45, 2.75) is 49.9 Å². The summed E-state index contributed by atoms with van der Waals surface area (Å²) < 4.78 is 23.2. The highest BCUT2D eigenvalue weighted by Crippen LogP contribution is 2.25. The van der Waals surface area contributed by atoms with Gasteiger partial charge in [0.2, 0.25) is 0 Å². The largest absolute Gasteiger partial charge is 0.310 e. The van der Waals surface area contributed by atoms with Crippen molar-refractivity contribution in [3.63, 3.8) is 0 Å². The Morgan fingerprint density at radius 1 is 1.44 bits per heavy atom. The van der Waals surface area contributed by atoms with E-state index in [4.69, 9.17) is 0 Å². The van der Waals surface area contributed by atoms with Crippen LogP contribution in [0.2, 0.25) is 0 Å². The van der Waals surface area contributed by atoms with Gasteiger partial charge in [-0.25, -0.2) is 8.42 Å². The first-order valence-corrected chi connectivity index (χ1v) is 9.24. The Hall–Kier alpha value is 0.260. The minimum Gasteiger partial charge on any atom is -0.310 e.